The molecular formula is C16H30O7. The molecule has 0 aromatic rings. The van der Waals surface area contributed by atoms with Crippen molar-refractivity contribution in [3.05, 3.63) is 0 Å². The van der Waals surface area contributed by atoms with Crippen molar-refractivity contribution in [2.45, 2.75) is 26.7 Å². The van der Waals surface area contributed by atoms with Crippen LogP contribution in [0.15, 0.2) is 0 Å². The van der Waals surface area contributed by atoms with Gasteiger partial charge in [-0.05, 0) is 12.8 Å². The molecule has 0 amide bonds. The Hall–Kier alpha value is -0.280. The second kappa shape index (κ2) is 9.88. The highest BCUT2D eigenvalue weighted by molar-refractivity contribution is 4.84. The van der Waals surface area contributed by atoms with Gasteiger partial charge in [-0.3, -0.25) is 0 Å². The standard InChI is InChI=1S/C16H30O7/c1-3-15(5-17-6-15)9-19-11-21-13-23-14-22-12-20-10-16(4-2)7-18-8-16/h3-14H2,1-2H3. The van der Waals surface area contributed by atoms with E-state index in [-0.39, 0.29) is 38.0 Å². The molecule has 0 unspecified atom stereocenters. The molecule has 0 aliphatic carbocycles. The second-order valence-corrected chi connectivity index (χ2v) is 6.47. The molecule has 0 saturated carbocycles. The van der Waals surface area contributed by atoms with Crippen LogP contribution < -0.4 is 0 Å². The lowest BCUT2D eigenvalue weighted by atomic mass is 9.84. The second-order valence-electron chi connectivity index (χ2n) is 6.47. The summed E-state index contributed by atoms with van der Waals surface area (Å²) in [5, 5.41) is 0. The minimum atomic E-state index is 0.141. The van der Waals surface area contributed by atoms with Gasteiger partial charge in [0.1, 0.15) is 13.6 Å². The summed E-state index contributed by atoms with van der Waals surface area (Å²) in [5.41, 5.74) is 0.373. The molecule has 0 aromatic carbocycles. The molecule has 2 saturated heterocycles. The predicted molar refractivity (Wildman–Crippen MR) is 81.7 cm³/mol. The summed E-state index contributed by atoms with van der Waals surface area (Å²) >= 11 is 0. The van der Waals surface area contributed by atoms with E-state index in [2.05, 4.69) is 13.8 Å². The third-order valence-corrected chi connectivity index (χ3v) is 4.62. The molecule has 0 atom stereocenters. The molecule has 0 spiro atoms. The van der Waals surface area contributed by atoms with E-state index < -0.39 is 0 Å². The van der Waals surface area contributed by atoms with Crippen LogP contribution in [0.2, 0.25) is 0 Å². The molecule has 2 rings (SSSR count). The summed E-state index contributed by atoms with van der Waals surface area (Å²) in [5.74, 6) is 0. The quantitative estimate of drug-likeness (QED) is 0.354. The normalized spacial score (nSPS) is 21.7. The molecule has 7 heteroatoms. The average Bonchev–Trinajstić information content (AvgIpc) is 2.49. The van der Waals surface area contributed by atoms with Crippen LogP contribution >= 0.6 is 0 Å². The summed E-state index contributed by atoms with van der Waals surface area (Å²) in [4.78, 5) is 0. The molecule has 0 N–H and O–H groups in total. The van der Waals surface area contributed by atoms with E-state index in [1.165, 1.54) is 0 Å². The van der Waals surface area contributed by atoms with Gasteiger partial charge in [0.05, 0.1) is 39.6 Å². The van der Waals surface area contributed by atoms with Gasteiger partial charge in [0, 0.05) is 10.8 Å². The van der Waals surface area contributed by atoms with Crippen molar-refractivity contribution in [1.29, 1.82) is 0 Å². The Balaban J connectivity index is 1.32. The van der Waals surface area contributed by atoms with Crippen LogP contribution in [0, 0.1) is 10.8 Å². The Kier molecular flexibility index (Phi) is 8.18. The van der Waals surface area contributed by atoms with Crippen LogP contribution in [0.1, 0.15) is 26.7 Å². The fraction of sp³-hybridized carbons (Fsp3) is 1.00. The molecule has 7 nitrogen and oxygen atoms in total. The highest BCUT2D eigenvalue weighted by Gasteiger charge is 2.37. The first-order chi connectivity index (χ1) is 11.2. The number of ether oxygens (including phenoxy) is 7. The first-order valence-electron chi connectivity index (χ1n) is 8.28. The van der Waals surface area contributed by atoms with Crippen LogP contribution in [-0.4, -0.2) is 66.8 Å². The van der Waals surface area contributed by atoms with Crippen LogP contribution in [-0.2, 0) is 33.2 Å². The summed E-state index contributed by atoms with van der Waals surface area (Å²) < 4.78 is 37.1. The van der Waals surface area contributed by atoms with Crippen molar-refractivity contribution < 1.29 is 33.2 Å². The zero-order chi connectivity index (χ0) is 16.4. The van der Waals surface area contributed by atoms with E-state index in [9.17, 15) is 0 Å². The minimum absolute atomic E-state index is 0.141. The largest absolute Gasteiger partial charge is 0.380 e. The van der Waals surface area contributed by atoms with Gasteiger partial charge in [0.15, 0.2) is 13.6 Å². The maximum absolute atomic E-state index is 5.49. The van der Waals surface area contributed by atoms with Crippen LogP contribution in [0.5, 0.6) is 0 Å². The molecule has 2 heterocycles. The number of hydrogen-bond acceptors (Lipinski definition) is 7. The van der Waals surface area contributed by atoms with Crippen molar-refractivity contribution >= 4 is 0 Å². The lowest BCUT2D eigenvalue weighted by Gasteiger charge is -2.40. The van der Waals surface area contributed by atoms with E-state index in [1.807, 2.05) is 0 Å². The zero-order valence-corrected chi connectivity index (χ0v) is 14.3. The number of rotatable bonds is 14. The molecule has 23 heavy (non-hydrogen) atoms. The van der Waals surface area contributed by atoms with Gasteiger partial charge in [-0.1, -0.05) is 13.8 Å². The van der Waals surface area contributed by atoms with Crippen molar-refractivity contribution in [2.75, 3.05) is 66.8 Å². The summed E-state index contributed by atoms with van der Waals surface area (Å²) in [7, 11) is 0. The Morgan fingerprint density at radius 3 is 1.22 bits per heavy atom. The van der Waals surface area contributed by atoms with Crippen LogP contribution in [0.4, 0.5) is 0 Å². The molecule has 0 bridgehead atoms. The lowest BCUT2D eigenvalue weighted by molar-refractivity contribution is -0.219. The molecule has 2 fully saturated rings. The molecule has 0 radical (unpaired) electrons. The zero-order valence-electron chi connectivity index (χ0n) is 14.3. The van der Waals surface area contributed by atoms with Crippen LogP contribution in [0.3, 0.4) is 0 Å². The Labute approximate surface area is 138 Å². The van der Waals surface area contributed by atoms with Gasteiger partial charge in [-0.2, -0.15) is 0 Å². The maximum Gasteiger partial charge on any atom is 0.152 e. The summed E-state index contributed by atoms with van der Waals surface area (Å²) in [6, 6.07) is 0. The third-order valence-electron chi connectivity index (χ3n) is 4.62. The predicted octanol–water partition coefficient (Wildman–Crippen LogP) is 1.75. The summed E-state index contributed by atoms with van der Waals surface area (Å²) in [6.45, 7) is 9.45. The topological polar surface area (TPSA) is 64.6 Å². The average molecular weight is 334 g/mol. The van der Waals surface area contributed by atoms with Crippen molar-refractivity contribution in [2.24, 2.45) is 10.8 Å². The first kappa shape index (κ1) is 19.1. The third kappa shape index (κ3) is 5.94. The maximum atomic E-state index is 5.49. The van der Waals surface area contributed by atoms with E-state index >= 15 is 0 Å². The Morgan fingerprint density at radius 1 is 0.609 bits per heavy atom. The van der Waals surface area contributed by atoms with E-state index in [4.69, 9.17) is 33.2 Å². The SMILES string of the molecule is CCC1(COCOCOCOCOCC2(CC)COC2)COC1. The van der Waals surface area contributed by atoms with E-state index in [0.29, 0.717) is 13.2 Å². The van der Waals surface area contributed by atoms with Crippen molar-refractivity contribution in [3.8, 4) is 0 Å². The lowest BCUT2D eigenvalue weighted by Crippen LogP contribution is -2.45. The highest BCUT2D eigenvalue weighted by Crippen LogP contribution is 2.31. The van der Waals surface area contributed by atoms with Crippen LogP contribution in [0.25, 0.3) is 0 Å². The highest BCUT2D eigenvalue weighted by atomic mass is 16.8. The Morgan fingerprint density at radius 2 is 0.957 bits per heavy atom. The van der Waals surface area contributed by atoms with Gasteiger partial charge in [-0.15, -0.1) is 0 Å². The molecular weight excluding hydrogens is 304 g/mol. The smallest absolute Gasteiger partial charge is 0.152 e. The van der Waals surface area contributed by atoms with E-state index in [1.54, 1.807) is 0 Å². The monoisotopic (exact) mass is 334 g/mol. The Bertz CT molecular complexity index is 275. The molecule has 2 aliphatic heterocycles. The van der Waals surface area contributed by atoms with Gasteiger partial charge >= 0.3 is 0 Å². The number of hydrogen-bond donors (Lipinski definition) is 0. The van der Waals surface area contributed by atoms with Crippen molar-refractivity contribution in [3.63, 3.8) is 0 Å². The van der Waals surface area contributed by atoms with Gasteiger partial charge in [-0.25, -0.2) is 0 Å². The fourth-order valence-electron chi connectivity index (χ4n) is 2.41. The molecule has 0 aromatic heterocycles. The van der Waals surface area contributed by atoms with Gasteiger partial charge < -0.3 is 33.2 Å². The minimum Gasteiger partial charge on any atom is -0.380 e. The fourth-order valence-corrected chi connectivity index (χ4v) is 2.41. The molecule has 2 aliphatic rings. The van der Waals surface area contributed by atoms with Crippen molar-refractivity contribution in [1.82, 2.24) is 0 Å². The van der Waals surface area contributed by atoms with Gasteiger partial charge in [0.25, 0.3) is 0 Å². The molecule has 136 valence electrons. The van der Waals surface area contributed by atoms with E-state index in [0.717, 1.165) is 39.3 Å². The first-order valence-corrected chi connectivity index (χ1v) is 8.28. The summed E-state index contributed by atoms with van der Waals surface area (Å²) in [6.07, 6.45) is 2.12. The van der Waals surface area contributed by atoms with Gasteiger partial charge in [0.2, 0.25) is 0 Å².